The van der Waals surface area contributed by atoms with Gasteiger partial charge in [-0.3, -0.25) is 10.1 Å². The Hall–Kier alpha value is -2.87. The second-order valence-electron chi connectivity index (χ2n) is 8.31. The predicted molar refractivity (Wildman–Crippen MR) is 125 cm³/mol. The van der Waals surface area contributed by atoms with Crippen molar-refractivity contribution < 1.29 is 9.84 Å². The van der Waals surface area contributed by atoms with Crippen LogP contribution in [0.3, 0.4) is 0 Å². The Labute approximate surface area is 195 Å². The van der Waals surface area contributed by atoms with Crippen LogP contribution >= 0.6 is 23.2 Å². The Morgan fingerprint density at radius 1 is 1.16 bits per heavy atom. The van der Waals surface area contributed by atoms with E-state index in [2.05, 4.69) is 20.2 Å². The quantitative estimate of drug-likeness (QED) is 0.437. The fourth-order valence-electron chi connectivity index (χ4n) is 3.85. The summed E-state index contributed by atoms with van der Waals surface area (Å²) in [7, 11) is 0. The molecule has 1 fully saturated rings. The summed E-state index contributed by atoms with van der Waals surface area (Å²) >= 11 is 12.6. The molecule has 9 heteroatoms. The third kappa shape index (κ3) is 3.88. The molecule has 0 unspecified atom stereocenters. The van der Waals surface area contributed by atoms with Crippen molar-refractivity contribution in [1.82, 2.24) is 20.2 Å². The smallest absolute Gasteiger partial charge is 0.128 e. The van der Waals surface area contributed by atoms with Gasteiger partial charge in [-0.1, -0.05) is 23.2 Å². The molecular weight excluding hydrogens is 449 g/mol. The number of H-pyrrole nitrogens is 1. The van der Waals surface area contributed by atoms with Crippen LogP contribution in [0.2, 0.25) is 10.0 Å². The van der Waals surface area contributed by atoms with Gasteiger partial charge in [0.1, 0.15) is 23.9 Å². The number of β-amino-alcohol motifs (C(OH)–C–C–N with tert-alkyl or cyclic N) is 1. The fraction of sp³-hybridized carbons (Fsp3) is 0.261. The van der Waals surface area contributed by atoms with E-state index in [4.69, 9.17) is 27.9 Å². The molecule has 4 heterocycles. The van der Waals surface area contributed by atoms with Crippen LogP contribution in [0.25, 0.3) is 22.2 Å². The average molecular weight is 470 g/mol. The molecule has 0 aliphatic carbocycles. The number of pyridine rings is 2. The van der Waals surface area contributed by atoms with Crippen molar-refractivity contribution in [3.8, 4) is 17.0 Å². The summed E-state index contributed by atoms with van der Waals surface area (Å²) in [6, 6.07) is 9.66. The number of aromatic nitrogens is 4. The fourth-order valence-corrected chi connectivity index (χ4v) is 4.30. The number of hydrogen-bond donors (Lipinski definition) is 2. The maximum absolute atomic E-state index is 9.94. The van der Waals surface area contributed by atoms with Crippen molar-refractivity contribution in [3.05, 3.63) is 64.0 Å². The van der Waals surface area contributed by atoms with Gasteiger partial charge in [-0.15, -0.1) is 0 Å². The first kappa shape index (κ1) is 21.0. The summed E-state index contributed by atoms with van der Waals surface area (Å²) < 4.78 is 5.99. The number of hydrogen-bond acceptors (Lipinski definition) is 6. The molecule has 0 spiro atoms. The van der Waals surface area contributed by atoms with Gasteiger partial charge in [0.2, 0.25) is 0 Å². The number of ether oxygens (including phenoxy) is 1. The van der Waals surface area contributed by atoms with Gasteiger partial charge in [0.05, 0.1) is 26.9 Å². The second kappa shape index (κ2) is 7.92. The number of anilines is 1. The molecule has 0 bridgehead atoms. The average Bonchev–Trinajstić information content (AvgIpc) is 3.18. The van der Waals surface area contributed by atoms with Gasteiger partial charge >= 0.3 is 0 Å². The topological polar surface area (TPSA) is 87.2 Å². The molecule has 5 rings (SSSR count). The highest BCUT2D eigenvalue weighted by atomic mass is 35.5. The van der Waals surface area contributed by atoms with E-state index in [1.807, 2.05) is 49.1 Å². The van der Waals surface area contributed by atoms with Crippen molar-refractivity contribution in [1.29, 1.82) is 0 Å². The van der Waals surface area contributed by atoms with Crippen molar-refractivity contribution in [2.24, 2.45) is 0 Å². The molecular formula is C23H21Cl2N5O2. The third-order valence-electron chi connectivity index (χ3n) is 5.57. The van der Waals surface area contributed by atoms with E-state index in [1.54, 1.807) is 12.4 Å². The normalized spacial score (nSPS) is 15.1. The zero-order valence-corrected chi connectivity index (χ0v) is 19.1. The summed E-state index contributed by atoms with van der Waals surface area (Å²) in [5.74, 6) is 1.51. The Morgan fingerprint density at radius 3 is 2.69 bits per heavy atom. The molecule has 1 saturated heterocycles. The van der Waals surface area contributed by atoms with E-state index in [1.165, 1.54) is 0 Å². The van der Waals surface area contributed by atoms with E-state index in [0.29, 0.717) is 40.1 Å². The monoisotopic (exact) mass is 469 g/mol. The van der Waals surface area contributed by atoms with Crippen LogP contribution in [-0.4, -0.2) is 44.0 Å². The Balaban J connectivity index is 1.38. The highest BCUT2D eigenvalue weighted by Crippen LogP contribution is 2.32. The van der Waals surface area contributed by atoms with Crippen LogP contribution in [0.4, 0.5) is 5.82 Å². The first-order valence-electron chi connectivity index (χ1n) is 10.1. The summed E-state index contributed by atoms with van der Waals surface area (Å²) in [5.41, 5.74) is 3.35. The number of fused-ring (bicyclic) bond motifs is 1. The third-order valence-corrected chi connectivity index (χ3v) is 6.40. The number of aliphatic hydroxyl groups is 1. The zero-order valence-electron chi connectivity index (χ0n) is 17.6. The van der Waals surface area contributed by atoms with E-state index in [0.717, 1.165) is 28.0 Å². The lowest BCUT2D eigenvalue weighted by Crippen LogP contribution is -2.60. The largest absolute Gasteiger partial charge is 0.489 e. The van der Waals surface area contributed by atoms with Crippen molar-refractivity contribution >= 4 is 39.9 Å². The highest BCUT2D eigenvalue weighted by Gasteiger charge is 2.37. The Morgan fingerprint density at radius 2 is 1.97 bits per heavy atom. The zero-order chi connectivity index (χ0) is 22.5. The van der Waals surface area contributed by atoms with Crippen LogP contribution in [0.15, 0.2) is 42.7 Å². The standard InChI is InChI=1S/C23H21Cl2N5O2/c1-13-21(25)17(18(24)9-26-13)10-32-15-4-5-19-16(7-15)22(29-28-19)14-3-6-20(27-8-14)30-11-23(2,31)12-30/h3-9,31H,10-12H2,1-2H3,(H,28,29). The number of aryl methyl sites for hydroxylation is 1. The Kier molecular flexibility index (Phi) is 5.20. The highest BCUT2D eigenvalue weighted by molar-refractivity contribution is 6.36. The number of halogens is 2. The van der Waals surface area contributed by atoms with Crippen molar-refractivity contribution in [2.75, 3.05) is 18.0 Å². The van der Waals surface area contributed by atoms with Crippen molar-refractivity contribution in [3.63, 3.8) is 0 Å². The van der Waals surface area contributed by atoms with Gasteiger partial charge in [0.25, 0.3) is 0 Å². The number of aromatic amines is 1. The molecule has 4 aromatic rings. The molecule has 0 atom stereocenters. The lowest BCUT2D eigenvalue weighted by atomic mass is 9.97. The van der Waals surface area contributed by atoms with Gasteiger partial charge in [-0.05, 0) is 44.2 Å². The molecule has 164 valence electrons. The van der Waals surface area contributed by atoms with E-state index in [-0.39, 0.29) is 6.61 Å². The van der Waals surface area contributed by atoms with Crippen LogP contribution in [0.1, 0.15) is 18.2 Å². The number of rotatable bonds is 5. The predicted octanol–water partition coefficient (Wildman–Crippen LogP) is 4.79. The molecule has 2 N–H and O–H groups in total. The van der Waals surface area contributed by atoms with Gasteiger partial charge in [-0.25, -0.2) is 4.98 Å². The summed E-state index contributed by atoms with van der Waals surface area (Å²) in [4.78, 5) is 10.7. The van der Waals surface area contributed by atoms with Crippen LogP contribution in [0.5, 0.6) is 5.75 Å². The van der Waals surface area contributed by atoms with Crippen LogP contribution in [-0.2, 0) is 6.61 Å². The summed E-state index contributed by atoms with van der Waals surface area (Å²) in [6.45, 7) is 5.04. The molecule has 1 aromatic carbocycles. The molecule has 0 radical (unpaired) electrons. The van der Waals surface area contributed by atoms with Crippen LogP contribution < -0.4 is 9.64 Å². The van der Waals surface area contributed by atoms with E-state index in [9.17, 15) is 5.11 Å². The number of nitrogens with zero attached hydrogens (tertiary/aromatic N) is 4. The second-order valence-corrected chi connectivity index (χ2v) is 9.10. The molecule has 32 heavy (non-hydrogen) atoms. The minimum Gasteiger partial charge on any atom is -0.489 e. The first-order valence-corrected chi connectivity index (χ1v) is 10.9. The van der Waals surface area contributed by atoms with Crippen LogP contribution in [0, 0.1) is 6.92 Å². The van der Waals surface area contributed by atoms with Gasteiger partial charge in [-0.2, -0.15) is 5.10 Å². The minimum atomic E-state index is -0.640. The SMILES string of the molecule is Cc1ncc(Cl)c(COc2ccc3[nH]nc(-c4ccc(N5CC(C)(O)C5)nc4)c3c2)c1Cl. The maximum atomic E-state index is 9.94. The molecule has 0 saturated carbocycles. The van der Waals surface area contributed by atoms with Gasteiger partial charge in [0, 0.05) is 42.0 Å². The van der Waals surface area contributed by atoms with Gasteiger partial charge in [0.15, 0.2) is 0 Å². The van der Waals surface area contributed by atoms with Gasteiger partial charge < -0.3 is 14.7 Å². The van der Waals surface area contributed by atoms with E-state index >= 15 is 0 Å². The summed E-state index contributed by atoms with van der Waals surface area (Å²) in [5, 5.41) is 19.4. The molecule has 3 aromatic heterocycles. The number of benzene rings is 1. The number of nitrogens with one attached hydrogen (secondary N) is 1. The van der Waals surface area contributed by atoms with Crippen molar-refractivity contribution in [2.45, 2.75) is 26.1 Å². The van der Waals surface area contributed by atoms with E-state index < -0.39 is 5.60 Å². The first-order chi connectivity index (χ1) is 15.3. The summed E-state index contributed by atoms with van der Waals surface area (Å²) in [6.07, 6.45) is 3.38. The lowest BCUT2D eigenvalue weighted by molar-refractivity contribution is 0.0305. The molecule has 1 aliphatic rings. The minimum absolute atomic E-state index is 0.232. The Bertz CT molecular complexity index is 1300. The lowest BCUT2D eigenvalue weighted by Gasteiger charge is -2.44. The maximum Gasteiger partial charge on any atom is 0.128 e. The molecule has 7 nitrogen and oxygen atoms in total. The molecule has 0 amide bonds. The molecule has 1 aliphatic heterocycles.